The molecule has 0 unspecified atom stereocenters. The zero-order valence-electron chi connectivity index (χ0n) is 18.1. The van der Waals surface area contributed by atoms with Gasteiger partial charge in [-0.05, 0) is 49.1 Å². The van der Waals surface area contributed by atoms with Gasteiger partial charge in [0.15, 0.2) is 5.79 Å². The van der Waals surface area contributed by atoms with Gasteiger partial charge in [0.1, 0.15) is 0 Å². The van der Waals surface area contributed by atoms with Crippen LogP contribution in [-0.2, 0) is 9.47 Å². The summed E-state index contributed by atoms with van der Waals surface area (Å²) in [5.74, 6) is -0.468. The van der Waals surface area contributed by atoms with E-state index in [1.165, 1.54) is 16.5 Å². The van der Waals surface area contributed by atoms with Gasteiger partial charge in [0.25, 0.3) is 0 Å². The van der Waals surface area contributed by atoms with Crippen LogP contribution in [-0.4, -0.2) is 42.8 Å². The van der Waals surface area contributed by atoms with Gasteiger partial charge in [-0.1, -0.05) is 44.2 Å². The molecule has 4 nitrogen and oxygen atoms in total. The van der Waals surface area contributed by atoms with Crippen molar-refractivity contribution >= 4 is 16.5 Å². The molecule has 2 aliphatic rings. The predicted octanol–water partition coefficient (Wildman–Crippen LogP) is 5.13. The first-order chi connectivity index (χ1) is 13.8. The minimum Gasteiger partial charge on any atom is -0.390 e. The number of anilines is 1. The molecule has 0 atom stereocenters. The summed E-state index contributed by atoms with van der Waals surface area (Å²) in [4.78, 5) is 2.37. The van der Waals surface area contributed by atoms with E-state index in [1.807, 2.05) is 0 Å². The number of hydrogen-bond acceptors (Lipinski definition) is 4. The lowest BCUT2D eigenvalue weighted by molar-refractivity contribution is -0.319. The van der Waals surface area contributed by atoms with Gasteiger partial charge in [0.2, 0.25) is 0 Å². The average Bonchev–Trinajstić information content (AvgIpc) is 2.73. The zero-order chi connectivity index (χ0) is 20.5. The Morgan fingerprint density at radius 1 is 0.931 bits per heavy atom. The molecule has 4 rings (SSSR count). The summed E-state index contributed by atoms with van der Waals surface area (Å²) in [6.07, 6.45) is 3.81. The van der Waals surface area contributed by atoms with Gasteiger partial charge in [0.05, 0.1) is 18.8 Å². The molecular weight excluding hydrogens is 362 g/mol. The quantitative estimate of drug-likeness (QED) is 0.759. The SMILES string of the molecule is CCN(CCC1(O)CCC2(CC1)OCC(C)(C)CO2)c1ccc2ccccc2c1. The summed E-state index contributed by atoms with van der Waals surface area (Å²) >= 11 is 0. The van der Waals surface area contributed by atoms with Gasteiger partial charge in [0, 0.05) is 37.0 Å². The largest absolute Gasteiger partial charge is 0.390 e. The molecule has 0 aromatic heterocycles. The maximum Gasteiger partial charge on any atom is 0.168 e. The molecule has 1 aliphatic carbocycles. The molecule has 1 saturated carbocycles. The Hall–Kier alpha value is -1.62. The minimum atomic E-state index is -0.630. The van der Waals surface area contributed by atoms with Crippen LogP contribution in [0.3, 0.4) is 0 Å². The fraction of sp³-hybridized carbons (Fsp3) is 0.600. The fourth-order valence-corrected chi connectivity index (χ4v) is 4.56. The Labute approximate surface area is 174 Å². The topological polar surface area (TPSA) is 41.9 Å². The highest BCUT2D eigenvalue weighted by Crippen LogP contribution is 2.43. The lowest BCUT2D eigenvalue weighted by Crippen LogP contribution is -2.52. The maximum absolute atomic E-state index is 11.2. The van der Waals surface area contributed by atoms with E-state index in [2.05, 4.69) is 68.1 Å². The first-order valence-corrected chi connectivity index (χ1v) is 11.1. The van der Waals surface area contributed by atoms with E-state index in [1.54, 1.807) is 0 Å². The van der Waals surface area contributed by atoms with Gasteiger partial charge in [-0.15, -0.1) is 0 Å². The number of aliphatic hydroxyl groups is 1. The second-order valence-corrected chi connectivity index (χ2v) is 9.74. The van der Waals surface area contributed by atoms with Gasteiger partial charge in [-0.3, -0.25) is 0 Å². The molecule has 1 N–H and O–H groups in total. The van der Waals surface area contributed by atoms with Gasteiger partial charge < -0.3 is 19.5 Å². The molecule has 0 amide bonds. The molecule has 158 valence electrons. The van der Waals surface area contributed by atoms with E-state index in [-0.39, 0.29) is 5.41 Å². The second-order valence-electron chi connectivity index (χ2n) is 9.74. The number of fused-ring (bicyclic) bond motifs is 1. The molecule has 1 aliphatic heterocycles. The van der Waals surface area contributed by atoms with Crippen LogP contribution in [0.15, 0.2) is 42.5 Å². The zero-order valence-corrected chi connectivity index (χ0v) is 18.1. The number of rotatable bonds is 5. The molecule has 1 saturated heterocycles. The highest BCUT2D eigenvalue weighted by Gasteiger charge is 2.47. The Morgan fingerprint density at radius 2 is 1.59 bits per heavy atom. The number of ether oxygens (including phenoxy) is 2. The lowest BCUT2D eigenvalue weighted by atomic mass is 9.78. The Bertz CT molecular complexity index is 827. The molecule has 4 heteroatoms. The summed E-state index contributed by atoms with van der Waals surface area (Å²) < 4.78 is 12.3. The van der Waals surface area contributed by atoms with E-state index in [0.29, 0.717) is 0 Å². The average molecular weight is 398 g/mol. The third-order valence-electron chi connectivity index (χ3n) is 6.72. The van der Waals surface area contributed by atoms with Crippen LogP contribution in [0.1, 0.15) is 52.9 Å². The normalized spacial score (nSPS) is 22.6. The second kappa shape index (κ2) is 7.90. The monoisotopic (exact) mass is 397 g/mol. The van der Waals surface area contributed by atoms with E-state index in [0.717, 1.165) is 58.4 Å². The first kappa shape index (κ1) is 20.6. The number of nitrogens with zero attached hydrogens (tertiary/aromatic N) is 1. The van der Waals surface area contributed by atoms with Gasteiger partial charge >= 0.3 is 0 Å². The van der Waals surface area contributed by atoms with Crippen LogP contribution in [0.4, 0.5) is 5.69 Å². The molecule has 1 spiro atoms. The molecule has 2 fully saturated rings. The van der Waals surface area contributed by atoms with E-state index in [9.17, 15) is 5.11 Å². The Morgan fingerprint density at radius 3 is 2.24 bits per heavy atom. The van der Waals surface area contributed by atoms with Crippen LogP contribution < -0.4 is 4.90 Å². The molecule has 29 heavy (non-hydrogen) atoms. The molecule has 0 bridgehead atoms. The minimum absolute atomic E-state index is 0.0838. The van der Waals surface area contributed by atoms with Crippen LogP contribution in [0, 0.1) is 5.41 Å². The summed E-state index contributed by atoms with van der Waals surface area (Å²) in [5, 5.41) is 13.7. The third-order valence-corrected chi connectivity index (χ3v) is 6.72. The van der Waals surface area contributed by atoms with Crippen molar-refractivity contribution < 1.29 is 14.6 Å². The third kappa shape index (κ3) is 4.60. The molecule has 1 heterocycles. The predicted molar refractivity (Wildman–Crippen MR) is 118 cm³/mol. The number of hydrogen-bond donors (Lipinski definition) is 1. The maximum atomic E-state index is 11.2. The van der Waals surface area contributed by atoms with Crippen LogP contribution in [0.5, 0.6) is 0 Å². The van der Waals surface area contributed by atoms with Crippen LogP contribution in [0.25, 0.3) is 10.8 Å². The standard InChI is InChI=1S/C25H35NO3/c1-4-26(22-10-9-20-7-5-6-8-21(20)17-22)16-15-24(27)11-13-25(14-12-24)28-18-23(2,3)19-29-25/h5-10,17,27H,4,11-16,18-19H2,1-3H3. The van der Waals surface area contributed by atoms with Crippen molar-refractivity contribution in [2.75, 3.05) is 31.2 Å². The first-order valence-electron chi connectivity index (χ1n) is 11.1. The van der Waals surface area contributed by atoms with E-state index in [4.69, 9.17) is 9.47 Å². The summed E-state index contributed by atoms with van der Waals surface area (Å²) in [6, 6.07) is 15.1. The van der Waals surface area contributed by atoms with Crippen molar-refractivity contribution in [3.8, 4) is 0 Å². The Kier molecular flexibility index (Phi) is 5.62. The van der Waals surface area contributed by atoms with Crippen molar-refractivity contribution in [2.24, 2.45) is 5.41 Å². The fourth-order valence-electron chi connectivity index (χ4n) is 4.56. The lowest BCUT2D eigenvalue weighted by Gasteiger charge is -2.49. The summed E-state index contributed by atoms with van der Waals surface area (Å²) in [5.41, 5.74) is 0.679. The number of benzene rings is 2. The van der Waals surface area contributed by atoms with Crippen molar-refractivity contribution in [2.45, 2.75) is 64.3 Å². The molecule has 2 aromatic rings. The van der Waals surface area contributed by atoms with Crippen molar-refractivity contribution in [1.29, 1.82) is 0 Å². The smallest absolute Gasteiger partial charge is 0.168 e. The van der Waals surface area contributed by atoms with Gasteiger partial charge in [-0.2, -0.15) is 0 Å². The molecular formula is C25H35NO3. The summed E-state index contributed by atoms with van der Waals surface area (Å²) in [6.45, 7) is 9.78. The van der Waals surface area contributed by atoms with Crippen LogP contribution in [0.2, 0.25) is 0 Å². The van der Waals surface area contributed by atoms with Crippen molar-refractivity contribution in [1.82, 2.24) is 0 Å². The highest BCUT2D eigenvalue weighted by molar-refractivity contribution is 5.85. The Balaban J connectivity index is 1.36. The van der Waals surface area contributed by atoms with E-state index < -0.39 is 11.4 Å². The van der Waals surface area contributed by atoms with Crippen molar-refractivity contribution in [3.05, 3.63) is 42.5 Å². The summed E-state index contributed by atoms with van der Waals surface area (Å²) in [7, 11) is 0. The van der Waals surface area contributed by atoms with Gasteiger partial charge in [-0.25, -0.2) is 0 Å². The van der Waals surface area contributed by atoms with Crippen molar-refractivity contribution in [3.63, 3.8) is 0 Å². The molecule has 2 aromatic carbocycles. The van der Waals surface area contributed by atoms with E-state index >= 15 is 0 Å². The highest BCUT2D eigenvalue weighted by atomic mass is 16.7. The molecule has 0 radical (unpaired) electrons. The van der Waals surface area contributed by atoms with Crippen LogP contribution >= 0.6 is 0 Å².